The zero-order chi connectivity index (χ0) is 14.8. The van der Waals surface area contributed by atoms with Gasteiger partial charge in [0.15, 0.2) is 0 Å². The van der Waals surface area contributed by atoms with E-state index in [1.165, 1.54) is 17.1 Å². The second-order valence-corrected chi connectivity index (χ2v) is 7.49. The molecule has 6 nitrogen and oxygen atoms in total. The minimum absolute atomic E-state index is 0.0839. The van der Waals surface area contributed by atoms with Crippen molar-refractivity contribution in [3.8, 4) is 0 Å². The van der Waals surface area contributed by atoms with Crippen molar-refractivity contribution in [3.05, 3.63) is 34.3 Å². The Kier molecular flexibility index (Phi) is 4.59. The van der Waals surface area contributed by atoms with Crippen LogP contribution in [0.1, 0.15) is 22.7 Å². The largest absolute Gasteiger partial charge is 0.394 e. The Bertz CT molecular complexity index is 676. The van der Waals surface area contributed by atoms with Gasteiger partial charge in [-0.15, -0.1) is 11.3 Å². The maximum atomic E-state index is 12.2. The third-order valence-corrected chi connectivity index (χ3v) is 5.45. The monoisotopic (exact) mass is 315 g/mol. The summed E-state index contributed by atoms with van der Waals surface area (Å²) in [7, 11) is -3.60. The molecule has 8 heteroatoms. The van der Waals surface area contributed by atoms with Gasteiger partial charge in [-0.2, -0.15) is 5.10 Å². The van der Waals surface area contributed by atoms with Gasteiger partial charge in [0, 0.05) is 16.0 Å². The summed E-state index contributed by atoms with van der Waals surface area (Å²) in [6.45, 7) is 3.98. The highest BCUT2D eigenvalue weighted by Crippen LogP contribution is 2.23. The molecule has 0 fully saturated rings. The lowest BCUT2D eigenvalue weighted by atomic mass is 10.3. The van der Waals surface area contributed by atoms with E-state index in [-0.39, 0.29) is 24.1 Å². The van der Waals surface area contributed by atoms with Crippen LogP contribution >= 0.6 is 11.3 Å². The second kappa shape index (κ2) is 6.04. The lowest BCUT2D eigenvalue weighted by molar-refractivity contribution is 0.269. The van der Waals surface area contributed by atoms with Gasteiger partial charge in [0.25, 0.3) is 0 Å². The Morgan fingerprint density at radius 2 is 2.25 bits per heavy atom. The molecule has 1 unspecified atom stereocenters. The third kappa shape index (κ3) is 3.45. The van der Waals surface area contributed by atoms with Crippen LogP contribution in [0.25, 0.3) is 0 Å². The fraction of sp³-hybridized carbons (Fsp3) is 0.417. The molecule has 0 bridgehead atoms. The van der Waals surface area contributed by atoms with E-state index < -0.39 is 10.0 Å². The highest BCUT2D eigenvalue weighted by Gasteiger charge is 2.20. The number of aliphatic hydroxyl groups excluding tert-OH is 1. The second-order valence-electron chi connectivity index (χ2n) is 4.45. The predicted octanol–water partition coefficient (Wildman–Crippen LogP) is 1.28. The van der Waals surface area contributed by atoms with Crippen molar-refractivity contribution in [2.24, 2.45) is 0 Å². The lowest BCUT2D eigenvalue weighted by Gasteiger charge is -2.11. The van der Waals surface area contributed by atoms with E-state index in [0.717, 1.165) is 9.75 Å². The van der Waals surface area contributed by atoms with Crippen LogP contribution in [-0.2, 0) is 16.6 Å². The van der Waals surface area contributed by atoms with Crippen molar-refractivity contribution < 1.29 is 13.5 Å². The van der Waals surface area contributed by atoms with Crippen molar-refractivity contribution in [2.45, 2.75) is 31.3 Å². The van der Waals surface area contributed by atoms with Crippen LogP contribution in [0.2, 0.25) is 0 Å². The summed E-state index contributed by atoms with van der Waals surface area (Å²) in [5, 5.41) is 12.7. The first kappa shape index (κ1) is 15.2. The molecule has 0 spiro atoms. The number of nitrogens with one attached hydrogen (secondary N) is 1. The molecule has 0 radical (unpaired) electrons. The maximum Gasteiger partial charge on any atom is 0.244 e. The summed E-state index contributed by atoms with van der Waals surface area (Å²) < 4.78 is 28.5. The van der Waals surface area contributed by atoms with Crippen LogP contribution in [0.3, 0.4) is 0 Å². The van der Waals surface area contributed by atoms with Crippen molar-refractivity contribution in [3.63, 3.8) is 0 Å². The summed E-state index contributed by atoms with van der Waals surface area (Å²) in [4.78, 5) is 2.21. The minimum atomic E-state index is -3.60. The molecule has 0 saturated heterocycles. The van der Waals surface area contributed by atoms with Crippen LogP contribution in [0, 0.1) is 6.92 Å². The molecule has 0 aromatic carbocycles. The minimum Gasteiger partial charge on any atom is -0.394 e. The summed E-state index contributed by atoms with van der Waals surface area (Å²) >= 11 is 1.56. The first-order chi connectivity index (χ1) is 9.42. The smallest absolute Gasteiger partial charge is 0.244 e. The van der Waals surface area contributed by atoms with Gasteiger partial charge in [0.2, 0.25) is 10.0 Å². The van der Waals surface area contributed by atoms with Gasteiger partial charge in [-0.25, -0.2) is 13.1 Å². The zero-order valence-corrected chi connectivity index (χ0v) is 12.9. The average Bonchev–Trinajstić information content (AvgIpc) is 2.98. The summed E-state index contributed by atoms with van der Waals surface area (Å²) in [6.07, 6.45) is 2.69. The molecule has 0 aliphatic heterocycles. The van der Waals surface area contributed by atoms with Crippen molar-refractivity contribution in [1.82, 2.24) is 14.5 Å². The Labute approximate surface area is 122 Å². The van der Waals surface area contributed by atoms with E-state index in [4.69, 9.17) is 5.11 Å². The Balaban J connectivity index is 2.13. The first-order valence-electron chi connectivity index (χ1n) is 6.14. The summed E-state index contributed by atoms with van der Waals surface area (Å²) in [6, 6.07) is 3.59. The molecule has 110 valence electrons. The molecule has 2 aromatic heterocycles. The number of hydrogen-bond donors (Lipinski definition) is 2. The van der Waals surface area contributed by atoms with Crippen LogP contribution in [-0.4, -0.2) is 29.9 Å². The fourth-order valence-corrected chi connectivity index (χ4v) is 3.88. The number of hydrogen-bond acceptors (Lipinski definition) is 5. The molecular weight excluding hydrogens is 298 g/mol. The standard InChI is InChI=1S/C12H17N3O3S2/c1-9-3-4-12(19-9)10(2)14-20(17,18)11-7-13-15(8-11)5-6-16/h3-4,7-8,10,14,16H,5-6H2,1-2H3. The zero-order valence-electron chi connectivity index (χ0n) is 11.3. The molecule has 2 aromatic rings. The number of aromatic nitrogens is 2. The van der Waals surface area contributed by atoms with Crippen LogP contribution < -0.4 is 4.72 Å². The Morgan fingerprint density at radius 1 is 1.50 bits per heavy atom. The van der Waals surface area contributed by atoms with Gasteiger partial charge in [-0.3, -0.25) is 4.68 Å². The molecule has 0 saturated carbocycles. The molecule has 2 heterocycles. The number of sulfonamides is 1. The Hall–Kier alpha value is -1.22. The van der Waals surface area contributed by atoms with Crippen LogP contribution in [0.4, 0.5) is 0 Å². The van der Waals surface area contributed by atoms with Gasteiger partial charge in [0.1, 0.15) is 4.90 Å². The maximum absolute atomic E-state index is 12.2. The number of aliphatic hydroxyl groups is 1. The van der Waals surface area contributed by atoms with Gasteiger partial charge in [0.05, 0.1) is 25.4 Å². The van der Waals surface area contributed by atoms with E-state index in [9.17, 15) is 8.42 Å². The van der Waals surface area contributed by atoms with E-state index >= 15 is 0 Å². The SMILES string of the molecule is Cc1ccc(C(C)NS(=O)(=O)c2cnn(CCO)c2)s1. The quantitative estimate of drug-likeness (QED) is 0.841. The third-order valence-electron chi connectivity index (χ3n) is 2.77. The van der Waals surface area contributed by atoms with Crippen molar-refractivity contribution >= 4 is 21.4 Å². The first-order valence-corrected chi connectivity index (χ1v) is 8.44. The molecule has 0 aliphatic carbocycles. The van der Waals surface area contributed by atoms with E-state index in [1.54, 1.807) is 18.3 Å². The number of thiophene rings is 1. The summed E-state index contributed by atoms with van der Waals surface area (Å²) in [5.41, 5.74) is 0. The van der Waals surface area contributed by atoms with Gasteiger partial charge < -0.3 is 5.11 Å². The normalized spacial score (nSPS) is 13.6. The molecule has 2 rings (SSSR count). The van der Waals surface area contributed by atoms with Crippen LogP contribution in [0.15, 0.2) is 29.4 Å². The van der Waals surface area contributed by atoms with Gasteiger partial charge >= 0.3 is 0 Å². The van der Waals surface area contributed by atoms with E-state index in [0.29, 0.717) is 0 Å². The predicted molar refractivity (Wildman–Crippen MR) is 77.1 cm³/mol. The number of rotatable bonds is 6. The van der Waals surface area contributed by atoms with Crippen molar-refractivity contribution in [1.29, 1.82) is 0 Å². The average molecular weight is 315 g/mol. The molecular formula is C12H17N3O3S2. The highest BCUT2D eigenvalue weighted by molar-refractivity contribution is 7.89. The molecule has 1 atom stereocenters. The van der Waals surface area contributed by atoms with Gasteiger partial charge in [-0.05, 0) is 26.0 Å². The lowest BCUT2D eigenvalue weighted by Crippen LogP contribution is -2.26. The highest BCUT2D eigenvalue weighted by atomic mass is 32.2. The molecule has 0 aliphatic rings. The van der Waals surface area contributed by atoms with E-state index in [2.05, 4.69) is 9.82 Å². The van der Waals surface area contributed by atoms with E-state index in [1.807, 2.05) is 19.1 Å². The van der Waals surface area contributed by atoms with Crippen molar-refractivity contribution in [2.75, 3.05) is 6.61 Å². The van der Waals surface area contributed by atoms with Crippen LogP contribution in [0.5, 0.6) is 0 Å². The summed E-state index contributed by atoms with van der Waals surface area (Å²) in [5.74, 6) is 0. The topological polar surface area (TPSA) is 84.2 Å². The number of aryl methyl sites for hydroxylation is 1. The molecule has 20 heavy (non-hydrogen) atoms. The number of nitrogens with zero attached hydrogens (tertiary/aromatic N) is 2. The molecule has 0 amide bonds. The Morgan fingerprint density at radius 3 is 2.85 bits per heavy atom. The van der Waals surface area contributed by atoms with Gasteiger partial charge in [-0.1, -0.05) is 0 Å². The fourth-order valence-electron chi connectivity index (χ4n) is 1.75. The molecule has 2 N–H and O–H groups in total.